The van der Waals surface area contributed by atoms with Crippen LogP contribution in [0.25, 0.3) is 0 Å². The maximum atomic E-state index is 14.5. The molecule has 3 fully saturated rings. The Morgan fingerprint density at radius 1 is 0.828 bits per heavy atom. The lowest BCUT2D eigenvalue weighted by Crippen LogP contribution is -2.59. The number of methoxy groups -OCH3 is 2. The molecular formula is C21H34F2N2O4. The summed E-state index contributed by atoms with van der Waals surface area (Å²) >= 11 is 0. The van der Waals surface area contributed by atoms with Crippen molar-refractivity contribution in [3.8, 4) is 0 Å². The van der Waals surface area contributed by atoms with Crippen LogP contribution in [-0.2, 0) is 19.1 Å². The predicted octanol–water partition coefficient (Wildman–Crippen LogP) is 2.35. The van der Waals surface area contributed by atoms with Gasteiger partial charge in [-0.2, -0.15) is 0 Å². The van der Waals surface area contributed by atoms with Crippen molar-refractivity contribution < 1.29 is 27.8 Å². The fourth-order valence-corrected chi connectivity index (χ4v) is 5.08. The third kappa shape index (κ3) is 4.90. The van der Waals surface area contributed by atoms with Gasteiger partial charge in [0.2, 0.25) is 11.8 Å². The summed E-state index contributed by atoms with van der Waals surface area (Å²) in [4.78, 5) is 29.2. The Balaban J connectivity index is 1.55. The van der Waals surface area contributed by atoms with Gasteiger partial charge in [0.15, 0.2) is 0 Å². The lowest BCUT2D eigenvalue weighted by molar-refractivity contribution is -0.152. The van der Waals surface area contributed by atoms with Gasteiger partial charge in [-0.05, 0) is 32.6 Å². The second-order valence-corrected chi connectivity index (χ2v) is 8.75. The number of carbonyl (C=O) groups is 2. The largest absolute Gasteiger partial charge is 0.381 e. The highest BCUT2D eigenvalue weighted by Crippen LogP contribution is 2.33. The first-order chi connectivity index (χ1) is 13.8. The summed E-state index contributed by atoms with van der Waals surface area (Å²) in [6, 6.07) is -0.207. The molecule has 0 aromatic carbocycles. The van der Waals surface area contributed by atoms with Crippen molar-refractivity contribution in [3.63, 3.8) is 0 Å². The molecule has 3 rings (SSSR count). The number of halogens is 2. The van der Waals surface area contributed by atoms with Crippen LogP contribution in [0.1, 0.15) is 45.4 Å². The molecule has 0 N–H and O–H groups in total. The second kappa shape index (κ2) is 9.69. The Kier molecular flexibility index (Phi) is 7.48. The van der Waals surface area contributed by atoms with E-state index in [1.54, 1.807) is 24.0 Å². The van der Waals surface area contributed by atoms with Crippen molar-refractivity contribution >= 4 is 11.8 Å². The quantitative estimate of drug-likeness (QED) is 0.706. The Labute approximate surface area is 171 Å². The van der Waals surface area contributed by atoms with Crippen LogP contribution in [0.15, 0.2) is 0 Å². The first kappa shape index (κ1) is 22.4. The van der Waals surface area contributed by atoms with E-state index in [0.29, 0.717) is 45.3 Å². The van der Waals surface area contributed by atoms with Crippen LogP contribution in [0, 0.1) is 11.8 Å². The van der Waals surface area contributed by atoms with Gasteiger partial charge in [-0.25, -0.2) is 8.78 Å². The lowest BCUT2D eigenvalue weighted by Gasteiger charge is -2.44. The molecule has 29 heavy (non-hydrogen) atoms. The highest BCUT2D eigenvalue weighted by Gasteiger charge is 2.42. The molecule has 0 aromatic rings. The summed E-state index contributed by atoms with van der Waals surface area (Å²) in [6.07, 6.45) is 0.202. The maximum absolute atomic E-state index is 14.5. The van der Waals surface area contributed by atoms with Crippen molar-refractivity contribution in [2.75, 3.05) is 33.9 Å². The van der Waals surface area contributed by atoms with Gasteiger partial charge in [0.05, 0.1) is 24.0 Å². The van der Waals surface area contributed by atoms with Crippen molar-refractivity contribution in [2.24, 2.45) is 11.8 Å². The summed E-state index contributed by atoms with van der Waals surface area (Å²) in [5.41, 5.74) is 0. The minimum Gasteiger partial charge on any atom is -0.381 e. The van der Waals surface area contributed by atoms with E-state index in [1.807, 2.05) is 6.92 Å². The van der Waals surface area contributed by atoms with Crippen LogP contribution in [0.3, 0.4) is 0 Å². The van der Waals surface area contributed by atoms with E-state index in [2.05, 4.69) is 0 Å². The number of amides is 2. The molecule has 2 saturated carbocycles. The number of hydrogen-bond acceptors (Lipinski definition) is 4. The Morgan fingerprint density at radius 3 is 1.79 bits per heavy atom. The normalized spacial score (nSPS) is 38.7. The molecule has 8 heteroatoms. The van der Waals surface area contributed by atoms with Gasteiger partial charge >= 0.3 is 0 Å². The summed E-state index contributed by atoms with van der Waals surface area (Å²) in [5, 5.41) is 0. The van der Waals surface area contributed by atoms with E-state index in [4.69, 9.17) is 9.47 Å². The van der Waals surface area contributed by atoms with E-state index in [0.717, 1.165) is 0 Å². The van der Waals surface area contributed by atoms with Gasteiger partial charge in [-0.3, -0.25) is 9.59 Å². The van der Waals surface area contributed by atoms with Crippen LogP contribution in [0.2, 0.25) is 0 Å². The third-order valence-corrected chi connectivity index (χ3v) is 6.97. The standard InChI is InChI=1S/C21H34F2N2O4/c1-13-12-24(20(26)16-6-4-14(28-2)10-18(16)22)8-9-25(13)21(27)17-7-5-15(29-3)11-19(17)23/h13-19H,4-12H2,1-3H3/t13-,14?,15?,16?,17?,18?,19?/m1/s1. The molecule has 2 amide bonds. The number of nitrogens with zero attached hydrogens (tertiary/aromatic N) is 2. The average Bonchev–Trinajstić information content (AvgIpc) is 2.72. The Morgan fingerprint density at radius 2 is 1.34 bits per heavy atom. The van der Waals surface area contributed by atoms with Gasteiger partial charge in [0, 0.05) is 52.7 Å². The van der Waals surface area contributed by atoms with E-state index in [-0.39, 0.29) is 42.9 Å². The van der Waals surface area contributed by atoms with E-state index >= 15 is 0 Å². The molecule has 6 unspecified atom stereocenters. The Hall–Kier alpha value is -1.28. The van der Waals surface area contributed by atoms with Crippen LogP contribution >= 0.6 is 0 Å². The molecule has 0 radical (unpaired) electrons. The zero-order valence-corrected chi connectivity index (χ0v) is 17.7. The number of carbonyl (C=O) groups excluding carboxylic acids is 2. The number of rotatable bonds is 4. The molecule has 0 aromatic heterocycles. The minimum absolute atomic E-state index is 0.121. The minimum atomic E-state index is -1.20. The summed E-state index contributed by atoms with van der Waals surface area (Å²) < 4.78 is 39.5. The van der Waals surface area contributed by atoms with Gasteiger partial charge in [-0.1, -0.05) is 0 Å². The monoisotopic (exact) mass is 416 g/mol. The van der Waals surface area contributed by atoms with Gasteiger partial charge in [-0.15, -0.1) is 0 Å². The molecule has 1 aliphatic heterocycles. The van der Waals surface area contributed by atoms with E-state index in [9.17, 15) is 18.4 Å². The Bertz CT molecular complexity index is 593. The van der Waals surface area contributed by atoms with Gasteiger partial charge in [0.1, 0.15) is 12.3 Å². The average molecular weight is 417 g/mol. The van der Waals surface area contributed by atoms with E-state index < -0.39 is 24.2 Å². The molecular weight excluding hydrogens is 382 g/mol. The zero-order valence-electron chi connectivity index (χ0n) is 17.7. The summed E-state index contributed by atoms with van der Waals surface area (Å²) in [5.74, 6) is -1.60. The summed E-state index contributed by atoms with van der Waals surface area (Å²) in [7, 11) is 3.14. The highest BCUT2D eigenvalue weighted by molar-refractivity contribution is 5.82. The maximum Gasteiger partial charge on any atom is 0.228 e. The SMILES string of the molecule is COC1CCC(C(=O)N2CCN(C(=O)C3CCC(OC)CC3F)[C@H](C)C2)C(F)C1. The van der Waals surface area contributed by atoms with Crippen molar-refractivity contribution in [3.05, 3.63) is 0 Å². The van der Waals surface area contributed by atoms with Crippen LogP contribution in [-0.4, -0.2) is 86.1 Å². The molecule has 1 saturated heterocycles. The first-order valence-electron chi connectivity index (χ1n) is 10.8. The van der Waals surface area contributed by atoms with Crippen LogP contribution < -0.4 is 0 Å². The van der Waals surface area contributed by atoms with Crippen LogP contribution in [0.4, 0.5) is 8.78 Å². The first-order valence-corrected chi connectivity index (χ1v) is 10.8. The topological polar surface area (TPSA) is 59.1 Å². The van der Waals surface area contributed by atoms with Crippen molar-refractivity contribution in [1.82, 2.24) is 9.80 Å². The number of piperazine rings is 1. The molecule has 0 bridgehead atoms. The molecule has 1 heterocycles. The highest BCUT2D eigenvalue weighted by atomic mass is 19.1. The van der Waals surface area contributed by atoms with Crippen molar-refractivity contribution in [2.45, 2.75) is 76.0 Å². The van der Waals surface area contributed by atoms with Crippen LogP contribution in [0.5, 0.6) is 0 Å². The molecule has 166 valence electrons. The van der Waals surface area contributed by atoms with Gasteiger partial charge in [0.25, 0.3) is 0 Å². The van der Waals surface area contributed by atoms with Crippen molar-refractivity contribution in [1.29, 1.82) is 0 Å². The van der Waals surface area contributed by atoms with Gasteiger partial charge < -0.3 is 19.3 Å². The molecule has 2 aliphatic carbocycles. The lowest BCUT2D eigenvalue weighted by atomic mass is 9.83. The number of alkyl halides is 2. The molecule has 0 spiro atoms. The molecule has 7 atom stereocenters. The molecule has 6 nitrogen and oxygen atoms in total. The smallest absolute Gasteiger partial charge is 0.228 e. The number of ether oxygens (including phenoxy) is 2. The second-order valence-electron chi connectivity index (χ2n) is 8.75. The summed E-state index contributed by atoms with van der Waals surface area (Å²) in [6.45, 7) is 2.98. The van der Waals surface area contributed by atoms with E-state index in [1.165, 1.54) is 0 Å². The predicted molar refractivity (Wildman–Crippen MR) is 104 cm³/mol. The fraction of sp³-hybridized carbons (Fsp3) is 0.905. The number of hydrogen-bond donors (Lipinski definition) is 0. The molecule has 3 aliphatic rings. The third-order valence-electron chi connectivity index (χ3n) is 6.97. The fourth-order valence-electron chi connectivity index (χ4n) is 5.08. The zero-order chi connectivity index (χ0) is 21.1.